The molecule has 0 aromatic heterocycles. The van der Waals surface area contributed by atoms with E-state index in [9.17, 15) is 4.79 Å². The van der Waals surface area contributed by atoms with Crippen LogP contribution in [0, 0.1) is 5.41 Å². The maximum atomic E-state index is 12.4. The number of nitrogens with two attached hydrogens (primary N) is 1. The highest BCUT2D eigenvalue weighted by atomic mass is 32.1. The summed E-state index contributed by atoms with van der Waals surface area (Å²) in [7, 11) is 4.04. The lowest BCUT2D eigenvalue weighted by Crippen LogP contribution is -2.43. The van der Waals surface area contributed by atoms with Crippen molar-refractivity contribution in [1.29, 1.82) is 0 Å². The first-order valence-electron chi connectivity index (χ1n) is 6.99. The highest BCUT2D eigenvalue weighted by Crippen LogP contribution is 2.18. The van der Waals surface area contributed by atoms with Crippen LogP contribution in [-0.2, 0) is 4.79 Å². The summed E-state index contributed by atoms with van der Waals surface area (Å²) >= 11 is 5.06. The molecular weight excluding hydrogens is 282 g/mol. The third kappa shape index (κ3) is 5.81. The highest BCUT2D eigenvalue weighted by Gasteiger charge is 2.26. The molecule has 0 radical (unpaired) electrons. The van der Waals surface area contributed by atoms with Gasteiger partial charge in [0.25, 0.3) is 0 Å². The van der Waals surface area contributed by atoms with Crippen LogP contribution in [0.1, 0.15) is 25.3 Å². The van der Waals surface area contributed by atoms with E-state index in [0.717, 1.165) is 12.1 Å². The number of nitrogens with zero attached hydrogens (tertiary/aromatic N) is 1. The van der Waals surface area contributed by atoms with E-state index in [1.807, 2.05) is 44.4 Å². The summed E-state index contributed by atoms with van der Waals surface area (Å²) in [5.74, 6) is -0.711. The third-order valence-electron chi connectivity index (χ3n) is 3.17. The molecule has 0 aliphatic rings. The zero-order valence-corrected chi connectivity index (χ0v) is 14.0. The Kier molecular flexibility index (Phi) is 6.30. The van der Waals surface area contributed by atoms with Crippen LogP contribution in [0.3, 0.4) is 0 Å². The molecule has 0 bridgehead atoms. The van der Waals surface area contributed by atoms with Gasteiger partial charge in [0.1, 0.15) is 5.92 Å². The lowest BCUT2D eigenvalue weighted by Gasteiger charge is -2.29. The van der Waals surface area contributed by atoms with Crippen LogP contribution in [0.2, 0.25) is 0 Å². The normalized spacial score (nSPS) is 13.0. The number of amides is 1. The quantitative estimate of drug-likeness (QED) is 0.754. The monoisotopic (exact) mass is 307 g/mol. The van der Waals surface area contributed by atoms with Crippen molar-refractivity contribution in [2.24, 2.45) is 11.1 Å². The summed E-state index contributed by atoms with van der Waals surface area (Å²) in [6.45, 7) is 5.70. The summed E-state index contributed by atoms with van der Waals surface area (Å²) in [6.07, 6.45) is 0. The zero-order chi connectivity index (χ0) is 16.0. The fourth-order valence-corrected chi connectivity index (χ4v) is 2.67. The molecule has 0 heterocycles. The lowest BCUT2D eigenvalue weighted by molar-refractivity contribution is -0.121. The van der Waals surface area contributed by atoms with Crippen LogP contribution >= 0.6 is 12.2 Å². The Morgan fingerprint density at radius 3 is 2.38 bits per heavy atom. The second kappa shape index (κ2) is 7.52. The van der Waals surface area contributed by atoms with Gasteiger partial charge in [-0.25, -0.2) is 0 Å². The molecule has 1 unspecified atom stereocenters. The molecule has 0 aliphatic heterocycles. The van der Waals surface area contributed by atoms with E-state index in [1.54, 1.807) is 0 Å². The molecule has 0 aliphatic carbocycles. The number of hydrogen-bond acceptors (Lipinski definition) is 3. The smallest absolute Gasteiger partial charge is 0.234 e. The molecule has 5 heteroatoms. The van der Waals surface area contributed by atoms with Crippen molar-refractivity contribution in [3.8, 4) is 0 Å². The predicted octanol–water partition coefficient (Wildman–Crippen LogP) is 1.76. The Bertz CT molecular complexity index is 486. The minimum Gasteiger partial charge on any atom is -0.392 e. The molecule has 1 aromatic carbocycles. The number of benzene rings is 1. The first-order valence-corrected chi connectivity index (χ1v) is 7.40. The number of rotatable bonds is 7. The van der Waals surface area contributed by atoms with E-state index >= 15 is 0 Å². The van der Waals surface area contributed by atoms with Gasteiger partial charge in [-0.1, -0.05) is 56.4 Å². The number of thiocarbonyl (C=S) groups is 1. The van der Waals surface area contributed by atoms with Crippen LogP contribution in [-0.4, -0.2) is 43.0 Å². The summed E-state index contributed by atoms with van der Waals surface area (Å²) < 4.78 is 0. The van der Waals surface area contributed by atoms with Gasteiger partial charge in [0.15, 0.2) is 0 Å². The van der Waals surface area contributed by atoms with Crippen molar-refractivity contribution < 1.29 is 4.79 Å². The molecule has 1 amide bonds. The molecule has 1 rings (SSSR count). The number of carbonyl (C=O) groups is 1. The largest absolute Gasteiger partial charge is 0.392 e. The zero-order valence-electron chi connectivity index (χ0n) is 13.2. The van der Waals surface area contributed by atoms with E-state index in [1.165, 1.54) is 0 Å². The van der Waals surface area contributed by atoms with Crippen molar-refractivity contribution in [2.45, 2.75) is 19.8 Å². The minimum absolute atomic E-state index is 0.0172. The molecule has 0 fully saturated rings. The van der Waals surface area contributed by atoms with Crippen molar-refractivity contribution in [2.75, 3.05) is 27.2 Å². The fraction of sp³-hybridized carbons (Fsp3) is 0.500. The molecule has 1 aromatic rings. The van der Waals surface area contributed by atoms with E-state index in [0.29, 0.717) is 6.54 Å². The molecule has 0 saturated carbocycles. The van der Waals surface area contributed by atoms with Gasteiger partial charge in [0.05, 0.1) is 4.99 Å². The molecule has 3 N–H and O–H groups in total. The van der Waals surface area contributed by atoms with E-state index in [2.05, 4.69) is 24.1 Å². The topological polar surface area (TPSA) is 58.4 Å². The Hall–Kier alpha value is -1.46. The van der Waals surface area contributed by atoms with Crippen LogP contribution in [0.15, 0.2) is 30.3 Å². The molecular formula is C16H25N3OS. The Balaban J connectivity index is 2.74. The van der Waals surface area contributed by atoms with Crippen molar-refractivity contribution in [3.63, 3.8) is 0 Å². The van der Waals surface area contributed by atoms with Gasteiger partial charge < -0.3 is 16.0 Å². The van der Waals surface area contributed by atoms with Crippen LogP contribution in [0.5, 0.6) is 0 Å². The van der Waals surface area contributed by atoms with Crippen LogP contribution < -0.4 is 11.1 Å². The van der Waals surface area contributed by atoms with E-state index in [4.69, 9.17) is 18.0 Å². The highest BCUT2D eigenvalue weighted by molar-refractivity contribution is 7.80. The average Bonchev–Trinajstić information content (AvgIpc) is 2.36. The third-order valence-corrected chi connectivity index (χ3v) is 3.40. The van der Waals surface area contributed by atoms with Crippen LogP contribution in [0.4, 0.5) is 0 Å². The molecule has 0 saturated heterocycles. The Morgan fingerprint density at radius 2 is 1.90 bits per heavy atom. The maximum absolute atomic E-state index is 12.4. The average molecular weight is 307 g/mol. The van der Waals surface area contributed by atoms with Gasteiger partial charge in [0.2, 0.25) is 5.91 Å². The number of carbonyl (C=O) groups excluding carboxylic acids is 1. The Morgan fingerprint density at radius 1 is 1.33 bits per heavy atom. The standard InChI is InChI=1S/C16H25N3OS/c1-16(2,11-19(3)4)10-18-15(20)13(14(17)21)12-8-6-5-7-9-12/h5-9,13H,10-11H2,1-4H3,(H2,17,21)(H,18,20). The molecule has 4 nitrogen and oxygen atoms in total. The summed E-state index contributed by atoms with van der Waals surface area (Å²) in [6, 6.07) is 9.40. The van der Waals surface area contributed by atoms with Gasteiger partial charge in [-0.15, -0.1) is 0 Å². The number of hydrogen-bond donors (Lipinski definition) is 2. The predicted molar refractivity (Wildman–Crippen MR) is 91.3 cm³/mol. The van der Waals surface area contributed by atoms with Gasteiger partial charge >= 0.3 is 0 Å². The fourth-order valence-electron chi connectivity index (χ4n) is 2.43. The van der Waals surface area contributed by atoms with Crippen molar-refractivity contribution in [3.05, 3.63) is 35.9 Å². The van der Waals surface area contributed by atoms with Gasteiger partial charge in [-0.05, 0) is 25.1 Å². The van der Waals surface area contributed by atoms with Gasteiger partial charge in [0, 0.05) is 13.1 Å². The molecule has 116 valence electrons. The van der Waals surface area contributed by atoms with Crippen LogP contribution in [0.25, 0.3) is 0 Å². The van der Waals surface area contributed by atoms with Crippen molar-refractivity contribution in [1.82, 2.24) is 10.2 Å². The van der Waals surface area contributed by atoms with E-state index in [-0.39, 0.29) is 16.3 Å². The van der Waals surface area contributed by atoms with Crippen molar-refractivity contribution >= 4 is 23.1 Å². The maximum Gasteiger partial charge on any atom is 0.234 e. The first kappa shape index (κ1) is 17.6. The second-order valence-electron chi connectivity index (χ2n) is 6.37. The summed E-state index contributed by atoms with van der Waals surface area (Å²) in [4.78, 5) is 14.7. The second-order valence-corrected chi connectivity index (χ2v) is 6.84. The molecule has 21 heavy (non-hydrogen) atoms. The first-order chi connectivity index (χ1) is 9.73. The summed E-state index contributed by atoms with van der Waals surface area (Å²) in [5.41, 5.74) is 6.56. The van der Waals surface area contributed by atoms with Gasteiger partial charge in [-0.3, -0.25) is 4.79 Å². The minimum atomic E-state index is -0.573. The Labute approximate surface area is 132 Å². The number of nitrogens with one attached hydrogen (secondary N) is 1. The molecule has 1 atom stereocenters. The molecule has 0 spiro atoms. The lowest BCUT2D eigenvalue weighted by atomic mass is 9.92. The van der Waals surface area contributed by atoms with Gasteiger partial charge in [-0.2, -0.15) is 0 Å². The van der Waals surface area contributed by atoms with E-state index < -0.39 is 5.92 Å². The SMILES string of the molecule is CN(C)CC(C)(C)CNC(=O)C(C(N)=S)c1ccccc1. The summed E-state index contributed by atoms with van der Waals surface area (Å²) in [5, 5.41) is 2.98.